The van der Waals surface area contributed by atoms with Gasteiger partial charge >= 0.3 is 0 Å². The van der Waals surface area contributed by atoms with Gasteiger partial charge in [0.25, 0.3) is 0 Å². The van der Waals surface area contributed by atoms with E-state index in [-0.39, 0.29) is 24.8 Å². The van der Waals surface area contributed by atoms with Crippen molar-refractivity contribution in [2.24, 2.45) is 5.73 Å². The molecule has 3 N–H and O–H groups in total. The average molecular weight is 292 g/mol. The van der Waals surface area contributed by atoms with Crippen molar-refractivity contribution >= 4 is 5.91 Å². The molecule has 2 heterocycles. The van der Waals surface area contributed by atoms with Crippen molar-refractivity contribution in [3.63, 3.8) is 0 Å². The highest BCUT2D eigenvalue weighted by molar-refractivity contribution is 5.81. The molecule has 6 heteroatoms. The first-order chi connectivity index (χ1) is 10.2. The van der Waals surface area contributed by atoms with Gasteiger partial charge in [0.15, 0.2) is 11.5 Å². The quantitative estimate of drug-likeness (QED) is 0.868. The first-order valence-corrected chi connectivity index (χ1v) is 7.23. The molecule has 1 amide bonds. The fraction of sp³-hybridized carbons (Fsp3) is 0.533. The Morgan fingerprint density at radius 2 is 2.19 bits per heavy atom. The molecule has 2 aliphatic heterocycles. The first-order valence-electron chi connectivity index (χ1n) is 7.23. The molecule has 6 nitrogen and oxygen atoms in total. The van der Waals surface area contributed by atoms with E-state index in [1.165, 1.54) is 0 Å². The molecule has 2 aliphatic rings. The Labute approximate surface area is 123 Å². The number of ether oxygens (including phenoxy) is 3. The van der Waals surface area contributed by atoms with Gasteiger partial charge in [0.05, 0.1) is 12.1 Å². The van der Waals surface area contributed by atoms with Crippen molar-refractivity contribution in [1.29, 1.82) is 0 Å². The largest absolute Gasteiger partial charge is 0.454 e. The fourth-order valence-corrected chi connectivity index (χ4v) is 2.64. The highest BCUT2D eigenvalue weighted by atomic mass is 16.7. The summed E-state index contributed by atoms with van der Waals surface area (Å²) in [4.78, 5) is 12.2. The van der Waals surface area contributed by atoms with E-state index >= 15 is 0 Å². The number of carbonyl (C=O) groups is 1. The minimum Gasteiger partial charge on any atom is -0.454 e. The number of rotatable bonds is 4. The summed E-state index contributed by atoms with van der Waals surface area (Å²) in [5.41, 5.74) is 6.53. The lowest BCUT2D eigenvalue weighted by Crippen LogP contribution is -2.36. The lowest BCUT2D eigenvalue weighted by molar-refractivity contribution is -0.132. The van der Waals surface area contributed by atoms with Crippen LogP contribution in [0.3, 0.4) is 0 Å². The minimum atomic E-state index is -0.394. The van der Waals surface area contributed by atoms with Crippen LogP contribution in [0.15, 0.2) is 18.2 Å². The first kappa shape index (κ1) is 14.2. The van der Waals surface area contributed by atoms with E-state index in [0.717, 1.165) is 24.2 Å². The summed E-state index contributed by atoms with van der Waals surface area (Å²) in [5, 5.41) is 2.97. The van der Waals surface area contributed by atoms with Crippen LogP contribution in [0.25, 0.3) is 0 Å². The molecular formula is C15H20N2O4. The maximum absolute atomic E-state index is 12.2. The third kappa shape index (κ3) is 2.96. The Bertz CT molecular complexity index is 534. The predicted octanol–water partition coefficient (Wildman–Crippen LogP) is 1.10. The van der Waals surface area contributed by atoms with E-state index in [1.54, 1.807) is 0 Å². The Morgan fingerprint density at radius 1 is 1.38 bits per heavy atom. The van der Waals surface area contributed by atoms with E-state index in [4.69, 9.17) is 19.9 Å². The molecule has 0 radical (unpaired) electrons. The van der Waals surface area contributed by atoms with Gasteiger partial charge in [-0.25, -0.2) is 0 Å². The number of hydrogen-bond donors (Lipinski definition) is 2. The number of nitrogens with one attached hydrogen (secondary N) is 1. The monoisotopic (exact) mass is 292 g/mol. The van der Waals surface area contributed by atoms with Crippen molar-refractivity contribution in [2.75, 3.05) is 13.3 Å². The van der Waals surface area contributed by atoms with E-state index in [1.807, 2.05) is 25.1 Å². The number of hydrogen-bond acceptors (Lipinski definition) is 5. The number of fused-ring (bicyclic) bond motifs is 1. The Morgan fingerprint density at radius 3 is 2.95 bits per heavy atom. The summed E-state index contributed by atoms with van der Waals surface area (Å²) in [7, 11) is 0. The molecule has 0 saturated carbocycles. The smallest absolute Gasteiger partial charge is 0.249 e. The molecule has 1 fully saturated rings. The van der Waals surface area contributed by atoms with Gasteiger partial charge in [0.2, 0.25) is 12.7 Å². The molecule has 3 atom stereocenters. The zero-order valence-corrected chi connectivity index (χ0v) is 12.0. The van der Waals surface area contributed by atoms with E-state index in [9.17, 15) is 4.79 Å². The Kier molecular flexibility index (Phi) is 3.98. The van der Waals surface area contributed by atoms with Gasteiger partial charge in [-0.05, 0) is 37.5 Å². The van der Waals surface area contributed by atoms with E-state index in [2.05, 4.69) is 5.32 Å². The normalized spacial score (nSPS) is 24.9. The third-order valence-corrected chi connectivity index (χ3v) is 3.92. The molecule has 1 saturated heterocycles. The molecule has 0 aliphatic carbocycles. The highest BCUT2D eigenvalue weighted by Crippen LogP contribution is 2.34. The van der Waals surface area contributed by atoms with Crippen LogP contribution in [0.5, 0.6) is 11.5 Å². The zero-order chi connectivity index (χ0) is 14.8. The summed E-state index contributed by atoms with van der Waals surface area (Å²) >= 11 is 0. The van der Waals surface area contributed by atoms with Crippen LogP contribution in [0, 0.1) is 0 Å². The molecule has 0 bridgehead atoms. The van der Waals surface area contributed by atoms with Crippen molar-refractivity contribution in [2.45, 2.75) is 38.0 Å². The van der Waals surface area contributed by atoms with Crippen LogP contribution in [-0.2, 0) is 9.53 Å². The molecule has 0 spiro atoms. The van der Waals surface area contributed by atoms with E-state index < -0.39 is 6.10 Å². The summed E-state index contributed by atoms with van der Waals surface area (Å²) < 4.78 is 16.2. The van der Waals surface area contributed by atoms with Gasteiger partial charge in [-0.3, -0.25) is 4.79 Å². The predicted molar refractivity (Wildman–Crippen MR) is 76.1 cm³/mol. The standard InChI is InChI=1S/C15H20N2O4/c1-9(10-2-4-12-14(6-10)20-8-19-12)17-15(18)13-5-3-11(7-16)21-13/h2,4,6,9,11,13H,3,5,7-8,16H2,1H3,(H,17,18). The number of nitrogens with two attached hydrogens (primary N) is 1. The molecule has 114 valence electrons. The maximum atomic E-state index is 12.2. The van der Waals surface area contributed by atoms with Crippen LogP contribution < -0.4 is 20.5 Å². The van der Waals surface area contributed by atoms with E-state index in [0.29, 0.717) is 12.3 Å². The topological polar surface area (TPSA) is 82.8 Å². The van der Waals surface area contributed by atoms with Gasteiger partial charge in [0, 0.05) is 6.54 Å². The van der Waals surface area contributed by atoms with Gasteiger partial charge in [-0.1, -0.05) is 6.07 Å². The van der Waals surface area contributed by atoms with Crippen molar-refractivity contribution in [3.05, 3.63) is 23.8 Å². The molecule has 3 unspecified atom stereocenters. The fourth-order valence-electron chi connectivity index (χ4n) is 2.64. The second-order valence-corrected chi connectivity index (χ2v) is 5.40. The molecule has 1 aromatic rings. The lowest BCUT2D eigenvalue weighted by Gasteiger charge is -2.18. The molecular weight excluding hydrogens is 272 g/mol. The Hall–Kier alpha value is -1.79. The SMILES string of the molecule is CC(NC(=O)C1CCC(CN)O1)c1ccc2c(c1)OCO2. The second kappa shape index (κ2) is 5.91. The molecule has 1 aromatic carbocycles. The van der Waals surface area contributed by atoms with Gasteiger partial charge in [-0.15, -0.1) is 0 Å². The number of benzene rings is 1. The van der Waals surface area contributed by atoms with Crippen LogP contribution in [0.2, 0.25) is 0 Å². The minimum absolute atomic E-state index is 0.00148. The van der Waals surface area contributed by atoms with Gasteiger partial charge in [0.1, 0.15) is 6.10 Å². The average Bonchev–Trinajstić information content (AvgIpc) is 3.15. The number of amides is 1. The maximum Gasteiger partial charge on any atom is 0.249 e. The molecule has 21 heavy (non-hydrogen) atoms. The lowest BCUT2D eigenvalue weighted by atomic mass is 10.1. The summed E-state index contributed by atoms with van der Waals surface area (Å²) in [6.07, 6.45) is 1.17. The second-order valence-electron chi connectivity index (χ2n) is 5.40. The van der Waals surface area contributed by atoms with Crippen molar-refractivity contribution < 1.29 is 19.0 Å². The van der Waals surface area contributed by atoms with Gasteiger partial charge < -0.3 is 25.3 Å². The Balaban J connectivity index is 1.61. The van der Waals surface area contributed by atoms with Crippen LogP contribution in [-0.4, -0.2) is 31.5 Å². The van der Waals surface area contributed by atoms with Crippen molar-refractivity contribution in [1.82, 2.24) is 5.32 Å². The zero-order valence-electron chi connectivity index (χ0n) is 12.0. The van der Waals surface area contributed by atoms with Gasteiger partial charge in [-0.2, -0.15) is 0 Å². The number of carbonyl (C=O) groups excluding carboxylic acids is 1. The summed E-state index contributed by atoms with van der Waals surface area (Å²) in [6.45, 7) is 2.64. The molecule has 3 rings (SSSR count). The third-order valence-electron chi connectivity index (χ3n) is 3.92. The van der Waals surface area contributed by atoms with Crippen molar-refractivity contribution in [3.8, 4) is 11.5 Å². The summed E-state index contributed by atoms with van der Waals surface area (Å²) in [5.74, 6) is 1.37. The van der Waals surface area contributed by atoms with Crippen LogP contribution in [0.1, 0.15) is 31.4 Å². The highest BCUT2D eigenvalue weighted by Gasteiger charge is 2.30. The summed E-state index contributed by atoms with van der Waals surface area (Å²) in [6, 6.07) is 5.56. The molecule has 0 aromatic heterocycles. The van der Waals surface area contributed by atoms with Crippen LogP contribution >= 0.6 is 0 Å². The van der Waals surface area contributed by atoms with Crippen LogP contribution in [0.4, 0.5) is 0 Å².